The molecule has 1 amide bonds. The predicted octanol–water partition coefficient (Wildman–Crippen LogP) is -1.83. The van der Waals surface area contributed by atoms with Crippen molar-refractivity contribution in [1.82, 2.24) is 10.6 Å². The highest BCUT2D eigenvalue weighted by molar-refractivity contribution is 5.86. The van der Waals surface area contributed by atoms with Crippen LogP contribution in [-0.4, -0.2) is 41.6 Å². The molecule has 0 unspecified atom stereocenters. The molecule has 0 spiro atoms. The third kappa shape index (κ3) is 7.12. The number of guanidine groups is 1. The molecule has 0 fully saturated rings. The van der Waals surface area contributed by atoms with Gasteiger partial charge >= 0.3 is 5.97 Å². The smallest absolute Gasteiger partial charge is 0.325 e. The molecule has 0 heterocycles. The molecule has 8 N–H and O–H groups in total. The van der Waals surface area contributed by atoms with E-state index >= 15 is 0 Å². The Balaban J connectivity index is 3.82. The van der Waals surface area contributed by atoms with Gasteiger partial charge in [0.25, 0.3) is 0 Å². The zero-order valence-electron chi connectivity index (χ0n) is 9.69. The maximum Gasteiger partial charge on any atom is 0.325 e. The predicted molar refractivity (Wildman–Crippen MR) is 62.4 cm³/mol. The number of nitrogens with one attached hydrogen (secondary N) is 3. The number of carbonyl (C=O) groups is 2. The first-order chi connectivity index (χ1) is 7.84. The van der Waals surface area contributed by atoms with Crippen LogP contribution >= 0.6 is 0 Å². The topological polar surface area (TPSA) is 154 Å². The van der Waals surface area contributed by atoms with Crippen LogP contribution in [0.2, 0.25) is 0 Å². The Labute approximate surface area is 99.2 Å². The van der Waals surface area contributed by atoms with E-state index in [4.69, 9.17) is 22.0 Å². The van der Waals surface area contributed by atoms with Gasteiger partial charge < -0.3 is 27.2 Å². The average Bonchev–Trinajstić information content (AvgIpc) is 2.23. The molecule has 0 bridgehead atoms. The van der Waals surface area contributed by atoms with Crippen LogP contribution in [0, 0.1) is 5.41 Å². The molecule has 8 nitrogen and oxygen atoms in total. The fourth-order valence-corrected chi connectivity index (χ4v) is 1.06. The fraction of sp³-hybridized carbons (Fsp3) is 0.667. The Kier molecular flexibility index (Phi) is 6.64. The molecular formula is C9H19N5O3. The standard InChI is InChI=1S/C9H19N5O3/c1-5(8(16)17)14-7(15)6(10)3-2-4-13-9(11)12/h5-6H,2-4,10H2,1H3,(H,14,15)(H,16,17)(H4,11,12,13)/t5-,6-/m0/s1. The molecule has 0 saturated carbocycles. The number of hydrogen-bond donors (Lipinski definition) is 6. The molecular weight excluding hydrogens is 226 g/mol. The van der Waals surface area contributed by atoms with Gasteiger partial charge in [-0.25, -0.2) is 0 Å². The molecule has 0 aromatic rings. The van der Waals surface area contributed by atoms with E-state index in [-0.39, 0.29) is 5.96 Å². The zero-order valence-corrected chi connectivity index (χ0v) is 9.69. The molecule has 0 aliphatic rings. The first-order valence-electron chi connectivity index (χ1n) is 5.21. The molecule has 0 aliphatic heterocycles. The molecule has 98 valence electrons. The molecule has 0 aromatic heterocycles. The van der Waals surface area contributed by atoms with Gasteiger partial charge in [-0.15, -0.1) is 0 Å². The summed E-state index contributed by atoms with van der Waals surface area (Å²) in [6.45, 7) is 1.81. The van der Waals surface area contributed by atoms with Gasteiger partial charge in [0.05, 0.1) is 6.04 Å². The van der Waals surface area contributed by atoms with Crippen LogP contribution < -0.4 is 22.1 Å². The van der Waals surface area contributed by atoms with Crippen molar-refractivity contribution in [2.45, 2.75) is 31.8 Å². The Bertz CT molecular complexity index is 294. The number of carboxylic acid groups (broad SMARTS) is 1. The molecule has 0 rings (SSSR count). The van der Waals surface area contributed by atoms with Gasteiger partial charge in [-0.05, 0) is 19.8 Å². The molecule has 17 heavy (non-hydrogen) atoms. The molecule has 0 saturated heterocycles. The summed E-state index contributed by atoms with van der Waals surface area (Å²) in [5, 5.41) is 20.3. The Morgan fingerprint density at radius 2 is 2.06 bits per heavy atom. The van der Waals surface area contributed by atoms with E-state index in [1.807, 2.05) is 0 Å². The van der Waals surface area contributed by atoms with Crippen molar-refractivity contribution in [3.63, 3.8) is 0 Å². The van der Waals surface area contributed by atoms with Crippen LogP contribution in [-0.2, 0) is 9.59 Å². The monoisotopic (exact) mass is 245 g/mol. The van der Waals surface area contributed by atoms with Crippen LogP contribution in [0.3, 0.4) is 0 Å². The Morgan fingerprint density at radius 3 is 2.53 bits per heavy atom. The van der Waals surface area contributed by atoms with Gasteiger partial charge in [0.2, 0.25) is 5.91 Å². The SMILES string of the molecule is C[C@H](NC(=O)[C@@H](N)CCCNC(=N)N)C(=O)O. The van der Waals surface area contributed by atoms with Gasteiger partial charge in [-0.3, -0.25) is 15.0 Å². The fourth-order valence-electron chi connectivity index (χ4n) is 1.06. The number of aliphatic carboxylic acids is 1. The Morgan fingerprint density at radius 1 is 1.47 bits per heavy atom. The van der Waals surface area contributed by atoms with Crippen molar-refractivity contribution in [3.8, 4) is 0 Å². The van der Waals surface area contributed by atoms with Crippen LogP contribution in [0.5, 0.6) is 0 Å². The lowest BCUT2D eigenvalue weighted by Gasteiger charge is -2.14. The van der Waals surface area contributed by atoms with Crippen LogP contribution in [0.4, 0.5) is 0 Å². The van der Waals surface area contributed by atoms with E-state index in [1.54, 1.807) is 0 Å². The van der Waals surface area contributed by atoms with Crippen LogP contribution in [0.15, 0.2) is 0 Å². The maximum absolute atomic E-state index is 11.4. The molecule has 0 aromatic carbocycles. The minimum absolute atomic E-state index is 0.137. The number of amides is 1. The quantitative estimate of drug-likeness (QED) is 0.176. The zero-order chi connectivity index (χ0) is 13.4. The van der Waals surface area contributed by atoms with Gasteiger partial charge in [-0.1, -0.05) is 0 Å². The lowest BCUT2D eigenvalue weighted by molar-refractivity contribution is -0.141. The third-order valence-corrected chi connectivity index (χ3v) is 2.07. The van der Waals surface area contributed by atoms with Crippen molar-refractivity contribution < 1.29 is 14.7 Å². The number of rotatable bonds is 7. The lowest BCUT2D eigenvalue weighted by Crippen LogP contribution is -2.47. The number of carboxylic acids is 1. The molecule has 0 radical (unpaired) electrons. The summed E-state index contributed by atoms with van der Waals surface area (Å²) in [7, 11) is 0. The molecule has 8 heteroatoms. The highest BCUT2D eigenvalue weighted by atomic mass is 16.4. The summed E-state index contributed by atoms with van der Waals surface area (Å²) < 4.78 is 0. The molecule has 2 atom stereocenters. The first-order valence-corrected chi connectivity index (χ1v) is 5.21. The van der Waals surface area contributed by atoms with Crippen molar-refractivity contribution in [1.29, 1.82) is 5.41 Å². The van der Waals surface area contributed by atoms with Crippen LogP contribution in [0.1, 0.15) is 19.8 Å². The van der Waals surface area contributed by atoms with Crippen molar-refractivity contribution >= 4 is 17.8 Å². The van der Waals surface area contributed by atoms with Crippen molar-refractivity contribution in [3.05, 3.63) is 0 Å². The third-order valence-electron chi connectivity index (χ3n) is 2.07. The van der Waals surface area contributed by atoms with Gasteiger partial charge in [0, 0.05) is 6.54 Å². The van der Waals surface area contributed by atoms with Crippen molar-refractivity contribution in [2.75, 3.05) is 6.54 Å². The second-order valence-corrected chi connectivity index (χ2v) is 3.66. The van der Waals surface area contributed by atoms with E-state index in [0.29, 0.717) is 19.4 Å². The summed E-state index contributed by atoms with van der Waals surface area (Å²) in [6.07, 6.45) is 0.952. The van der Waals surface area contributed by atoms with Crippen LogP contribution in [0.25, 0.3) is 0 Å². The van der Waals surface area contributed by atoms with Gasteiger partial charge in [0.15, 0.2) is 5.96 Å². The van der Waals surface area contributed by atoms with E-state index in [2.05, 4.69) is 10.6 Å². The number of carbonyl (C=O) groups excluding carboxylic acids is 1. The summed E-state index contributed by atoms with van der Waals surface area (Å²) in [6, 6.07) is -1.71. The highest BCUT2D eigenvalue weighted by Crippen LogP contribution is 1.94. The van der Waals surface area contributed by atoms with Gasteiger partial charge in [-0.2, -0.15) is 0 Å². The normalized spacial score (nSPS) is 13.5. The second-order valence-electron chi connectivity index (χ2n) is 3.66. The summed E-state index contributed by atoms with van der Waals surface area (Å²) in [5.74, 6) is -1.74. The average molecular weight is 245 g/mol. The first kappa shape index (κ1) is 15.2. The maximum atomic E-state index is 11.4. The minimum atomic E-state index is -1.11. The lowest BCUT2D eigenvalue weighted by atomic mass is 10.1. The van der Waals surface area contributed by atoms with E-state index in [1.165, 1.54) is 6.92 Å². The summed E-state index contributed by atoms with van der Waals surface area (Å²) >= 11 is 0. The summed E-state index contributed by atoms with van der Waals surface area (Å²) in [5.41, 5.74) is 10.6. The van der Waals surface area contributed by atoms with Gasteiger partial charge in [0.1, 0.15) is 6.04 Å². The number of nitrogens with two attached hydrogens (primary N) is 2. The molecule has 0 aliphatic carbocycles. The number of hydrogen-bond acceptors (Lipinski definition) is 4. The van der Waals surface area contributed by atoms with E-state index < -0.39 is 24.0 Å². The summed E-state index contributed by atoms with van der Waals surface area (Å²) in [4.78, 5) is 21.9. The van der Waals surface area contributed by atoms with E-state index in [9.17, 15) is 9.59 Å². The minimum Gasteiger partial charge on any atom is -0.480 e. The van der Waals surface area contributed by atoms with E-state index in [0.717, 1.165) is 0 Å². The Hall–Kier alpha value is -1.83. The highest BCUT2D eigenvalue weighted by Gasteiger charge is 2.18. The largest absolute Gasteiger partial charge is 0.480 e. The second kappa shape index (κ2) is 7.44. The van der Waals surface area contributed by atoms with Crippen molar-refractivity contribution in [2.24, 2.45) is 11.5 Å².